The van der Waals surface area contributed by atoms with E-state index in [0.717, 1.165) is 51.4 Å². The number of rotatable bonds is 10. The van der Waals surface area contributed by atoms with Crippen LogP contribution >= 0.6 is 0 Å². The van der Waals surface area contributed by atoms with Gasteiger partial charge in [-0.15, -0.1) is 6.42 Å². The molecule has 0 aromatic heterocycles. The van der Waals surface area contributed by atoms with Crippen LogP contribution in [0.1, 0.15) is 79.1 Å². The van der Waals surface area contributed by atoms with E-state index in [-0.39, 0.29) is 5.41 Å². The SMILES string of the molecule is C#CC=C(C)CCCCCC(=O)C(CC)(CC)CC. The largest absolute Gasteiger partial charge is 0.299 e. The number of hydrogen-bond donors (Lipinski definition) is 0. The summed E-state index contributed by atoms with van der Waals surface area (Å²) in [4.78, 5) is 12.3. The van der Waals surface area contributed by atoms with Crippen LogP contribution in [0.4, 0.5) is 0 Å². The van der Waals surface area contributed by atoms with Crippen molar-refractivity contribution in [1.29, 1.82) is 0 Å². The Balaban J connectivity index is 3.99. The summed E-state index contributed by atoms with van der Waals surface area (Å²) in [6.45, 7) is 8.48. The average molecular weight is 262 g/mol. The predicted octanol–water partition coefficient (Wildman–Crippen LogP) is 5.30. The number of carbonyl (C=O) groups is 1. The highest BCUT2D eigenvalue weighted by Gasteiger charge is 2.31. The molecule has 0 saturated heterocycles. The maximum Gasteiger partial charge on any atom is 0.139 e. The topological polar surface area (TPSA) is 17.1 Å². The second kappa shape index (κ2) is 9.84. The van der Waals surface area contributed by atoms with E-state index >= 15 is 0 Å². The summed E-state index contributed by atoms with van der Waals surface area (Å²) in [5.41, 5.74) is 1.21. The Morgan fingerprint density at radius 2 is 1.58 bits per heavy atom. The van der Waals surface area contributed by atoms with Gasteiger partial charge in [0.2, 0.25) is 0 Å². The molecule has 0 aliphatic rings. The Hall–Kier alpha value is -1.03. The Kier molecular flexibility index (Phi) is 9.31. The first kappa shape index (κ1) is 18.0. The summed E-state index contributed by atoms with van der Waals surface area (Å²) < 4.78 is 0. The number of hydrogen-bond acceptors (Lipinski definition) is 1. The molecule has 0 bridgehead atoms. The minimum absolute atomic E-state index is 0.0563. The lowest BCUT2D eigenvalue weighted by Gasteiger charge is -2.28. The fourth-order valence-electron chi connectivity index (χ4n) is 2.69. The fraction of sp³-hybridized carbons (Fsp3) is 0.722. The maximum atomic E-state index is 12.3. The molecular formula is C18H30O. The molecule has 0 unspecified atom stereocenters. The number of Topliss-reactive ketones (excluding diaryl/α,β-unsaturated/α-hetero) is 1. The molecule has 0 saturated carbocycles. The van der Waals surface area contributed by atoms with Gasteiger partial charge in [-0.3, -0.25) is 4.79 Å². The molecular weight excluding hydrogens is 232 g/mol. The number of ketones is 1. The molecule has 19 heavy (non-hydrogen) atoms. The first-order valence-electron chi connectivity index (χ1n) is 7.71. The van der Waals surface area contributed by atoms with Gasteiger partial charge in [-0.2, -0.15) is 0 Å². The van der Waals surface area contributed by atoms with Crippen LogP contribution in [-0.4, -0.2) is 5.78 Å². The van der Waals surface area contributed by atoms with Crippen molar-refractivity contribution in [2.75, 3.05) is 0 Å². The Labute approximate surface area is 119 Å². The van der Waals surface area contributed by atoms with E-state index in [2.05, 4.69) is 33.6 Å². The number of unbranched alkanes of at least 4 members (excludes halogenated alkanes) is 2. The van der Waals surface area contributed by atoms with Crippen LogP contribution in [0.3, 0.4) is 0 Å². The van der Waals surface area contributed by atoms with Crippen LogP contribution in [0.15, 0.2) is 11.6 Å². The van der Waals surface area contributed by atoms with E-state index in [1.54, 1.807) is 0 Å². The van der Waals surface area contributed by atoms with Crippen LogP contribution in [0.2, 0.25) is 0 Å². The molecule has 0 aromatic carbocycles. The van der Waals surface area contributed by atoms with E-state index in [1.165, 1.54) is 5.57 Å². The van der Waals surface area contributed by atoms with Crippen LogP contribution < -0.4 is 0 Å². The van der Waals surface area contributed by atoms with Gasteiger partial charge in [-0.25, -0.2) is 0 Å². The number of allylic oxidation sites excluding steroid dienone is 2. The molecule has 0 N–H and O–H groups in total. The smallest absolute Gasteiger partial charge is 0.139 e. The van der Waals surface area contributed by atoms with Gasteiger partial charge in [0, 0.05) is 11.8 Å². The molecule has 0 spiro atoms. The van der Waals surface area contributed by atoms with E-state index in [4.69, 9.17) is 6.42 Å². The molecule has 0 amide bonds. The van der Waals surface area contributed by atoms with Crippen LogP contribution in [0.5, 0.6) is 0 Å². The molecule has 108 valence electrons. The van der Waals surface area contributed by atoms with E-state index in [9.17, 15) is 4.79 Å². The summed E-state index contributed by atoms with van der Waals surface area (Å²) in [6, 6.07) is 0. The van der Waals surface area contributed by atoms with E-state index < -0.39 is 0 Å². The molecule has 0 rings (SSSR count). The maximum absolute atomic E-state index is 12.3. The fourth-order valence-corrected chi connectivity index (χ4v) is 2.69. The summed E-state index contributed by atoms with van der Waals surface area (Å²) >= 11 is 0. The van der Waals surface area contributed by atoms with Crippen LogP contribution in [0.25, 0.3) is 0 Å². The summed E-state index contributed by atoms with van der Waals surface area (Å²) in [5.74, 6) is 3.02. The van der Waals surface area contributed by atoms with Gasteiger partial charge < -0.3 is 0 Å². The van der Waals surface area contributed by atoms with Crippen molar-refractivity contribution in [3.8, 4) is 12.3 Å². The zero-order chi connectivity index (χ0) is 14.7. The van der Waals surface area contributed by atoms with Gasteiger partial charge in [-0.05, 0) is 51.5 Å². The molecule has 0 aromatic rings. The standard InChI is InChI=1S/C18H30O/c1-6-13-16(5)14-11-10-12-15-17(19)18(7-2,8-3)9-4/h1,13H,7-12,14-15H2,2-5H3. The van der Waals surface area contributed by atoms with Crippen molar-refractivity contribution in [3.63, 3.8) is 0 Å². The Morgan fingerprint density at radius 3 is 2.05 bits per heavy atom. The lowest BCUT2D eigenvalue weighted by atomic mass is 9.74. The molecule has 0 fully saturated rings. The number of terminal acetylenes is 1. The second-order valence-corrected chi connectivity index (χ2v) is 5.48. The molecule has 0 atom stereocenters. The van der Waals surface area contributed by atoms with Gasteiger partial charge in [0.1, 0.15) is 5.78 Å². The van der Waals surface area contributed by atoms with Crippen molar-refractivity contribution >= 4 is 5.78 Å². The van der Waals surface area contributed by atoms with Crippen molar-refractivity contribution in [2.24, 2.45) is 5.41 Å². The molecule has 1 nitrogen and oxygen atoms in total. The summed E-state index contributed by atoms with van der Waals surface area (Å²) in [7, 11) is 0. The van der Waals surface area contributed by atoms with Crippen LogP contribution in [0, 0.1) is 17.8 Å². The monoisotopic (exact) mass is 262 g/mol. The highest BCUT2D eigenvalue weighted by Crippen LogP contribution is 2.33. The molecule has 0 aliphatic heterocycles. The lowest BCUT2D eigenvalue weighted by molar-refractivity contribution is -0.129. The van der Waals surface area contributed by atoms with Gasteiger partial charge in [0.05, 0.1) is 0 Å². The minimum atomic E-state index is -0.0563. The quantitative estimate of drug-likeness (QED) is 0.385. The van der Waals surface area contributed by atoms with Crippen molar-refractivity contribution in [3.05, 3.63) is 11.6 Å². The Bertz CT molecular complexity index is 318. The molecule has 0 aliphatic carbocycles. The van der Waals surface area contributed by atoms with E-state index in [1.807, 2.05) is 6.08 Å². The third-order valence-corrected chi connectivity index (χ3v) is 4.43. The van der Waals surface area contributed by atoms with Crippen molar-refractivity contribution in [2.45, 2.75) is 79.1 Å². The normalized spacial score (nSPS) is 12.3. The van der Waals surface area contributed by atoms with Crippen molar-refractivity contribution in [1.82, 2.24) is 0 Å². The predicted molar refractivity (Wildman–Crippen MR) is 84.0 cm³/mol. The zero-order valence-electron chi connectivity index (χ0n) is 13.2. The van der Waals surface area contributed by atoms with Gasteiger partial charge in [0.25, 0.3) is 0 Å². The van der Waals surface area contributed by atoms with Gasteiger partial charge in [-0.1, -0.05) is 38.7 Å². The lowest BCUT2D eigenvalue weighted by Crippen LogP contribution is -2.29. The van der Waals surface area contributed by atoms with Gasteiger partial charge in [0.15, 0.2) is 0 Å². The van der Waals surface area contributed by atoms with Crippen LogP contribution in [-0.2, 0) is 4.79 Å². The Morgan fingerprint density at radius 1 is 1.05 bits per heavy atom. The summed E-state index contributed by atoms with van der Waals surface area (Å²) in [6.07, 6.45) is 15.1. The first-order valence-corrected chi connectivity index (χ1v) is 7.71. The molecule has 0 heterocycles. The van der Waals surface area contributed by atoms with Crippen molar-refractivity contribution < 1.29 is 4.79 Å². The minimum Gasteiger partial charge on any atom is -0.299 e. The van der Waals surface area contributed by atoms with E-state index in [0.29, 0.717) is 5.78 Å². The highest BCUT2D eigenvalue weighted by atomic mass is 16.1. The second-order valence-electron chi connectivity index (χ2n) is 5.48. The number of carbonyl (C=O) groups excluding carboxylic acids is 1. The highest BCUT2D eigenvalue weighted by molar-refractivity contribution is 5.84. The zero-order valence-corrected chi connectivity index (χ0v) is 13.2. The third kappa shape index (κ3) is 6.10. The third-order valence-electron chi connectivity index (χ3n) is 4.43. The van der Waals surface area contributed by atoms with Gasteiger partial charge >= 0.3 is 0 Å². The first-order chi connectivity index (χ1) is 9.06. The summed E-state index contributed by atoms with van der Waals surface area (Å²) in [5, 5.41) is 0. The molecule has 1 heteroatoms. The molecule has 0 radical (unpaired) electrons. The average Bonchev–Trinajstić information content (AvgIpc) is 2.41.